The molecule has 0 bridgehead atoms. The highest BCUT2D eigenvalue weighted by Crippen LogP contribution is 2.40. The molecule has 2 rings (SSSR count). The van der Waals surface area contributed by atoms with Crippen molar-refractivity contribution in [2.45, 2.75) is 39.2 Å². The molecule has 1 fully saturated rings. The van der Waals surface area contributed by atoms with Crippen molar-refractivity contribution in [1.29, 1.82) is 0 Å². The Bertz CT molecular complexity index is 315. The molecule has 1 saturated carbocycles. The molecule has 0 radical (unpaired) electrons. The van der Waals surface area contributed by atoms with E-state index in [-0.39, 0.29) is 0 Å². The average molecular weight is 269 g/mol. The standard InChI is InChI=1S/C14H23NS2/c1-2-15(10-13-6-5-9-17-13)11-14(12-16)7-3-4-8-14/h5-6,9,16H,2-4,7-8,10-12H2,1H3. The van der Waals surface area contributed by atoms with Gasteiger partial charge in [0.25, 0.3) is 0 Å². The van der Waals surface area contributed by atoms with Crippen LogP contribution in [0.25, 0.3) is 0 Å². The second kappa shape index (κ2) is 6.26. The first-order chi connectivity index (χ1) is 8.28. The molecule has 0 atom stereocenters. The predicted molar refractivity (Wildman–Crippen MR) is 80.0 cm³/mol. The number of hydrogen-bond acceptors (Lipinski definition) is 3. The highest BCUT2D eigenvalue weighted by atomic mass is 32.1. The summed E-state index contributed by atoms with van der Waals surface area (Å²) in [5.41, 5.74) is 0.496. The molecular formula is C14H23NS2. The minimum absolute atomic E-state index is 0.496. The molecule has 0 spiro atoms. The van der Waals surface area contributed by atoms with E-state index in [9.17, 15) is 0 Å². The minimum Gasteiger partial charge on any atom is -0.298 e. The Kier molecular flexibility index (Phi) is 4.95. The van der Waals surface area contributed by atoms with Gasteiger partial charge in [0.05, 0.1) is 0 Å². The van der Waals surface area contributed by atoms with Crippen LogP contribution in [0.5, 0.6) is 0 Å². The van der Waals surface area contributed by atoms with Crippen molar-refractivity contribution in [2.75, 3.05) is 18.8 Å². The van der Waals surface area contributed by atoms with Crippen LogP contribution >= 0.6 is 24.0 Å². The lowest BCUT2D eigenvalue weighted by molar-refractivity contribution is 0.173. The average Bonchev–Trinajstić information content (AvgIpc) is 3.00. The van der Waals surface area contributed by atoms with Crippen LogP contribution in [-0.4, -0.2) is 23.7 Å². The van der Waals surface area contributed by atoms with E-state index in [1.807, 2.05) is 11.3 Å². The summed E-state index contributed by atoms with van der Waals surface area (Å²) in [4.78, 5) is 4.08. The molecule has 1 aromatic heterocycles. The first-order valence-electron chi connectivity index (χ1n) is 6.63. The fraction of sp³-hybridized carbons (Fsp3) is 0.714. The van der Waals surface area contributed by atoms with Gasteiger partial charge in [0.2, 0.25) is 0 Å². The van der Waals surface area contributed by atoms with Gasteiger partial charge in [-0.25, -0.2) is 0 Å². The summed E-state index contributed by atoms with van der Waals surface area (Å²) in [7, 11) is 0. The fourth-order valence-corrected chi connectivity index (χ4v) is 4.03. The van der Waals surface area contributed by atoms with Crippen LogP contribution in [0.15, 0.2) is 17.5 Å². The smallest absolute Gasteiger partial charge is 0.0328 e. The van der Waals surface area contributed by atoms with Crippen LogP contribution in [0.3, 0.4) is 0 Å². The molecule has 17 heavy (non-hydrogen) atoms. The maximum Gasteiger partial charge on any atom is 0.0328 e. The summed E-state index contributed by atoms with van der Waals surface area (Å²) < 4.78 is 0. The van der Waals surface area contributed by atoms with Crippen molar-refractivity contribution in [3.05, 3.63) is 22.4 Å². The zero-order valence-electron chi connectivity index (χ0n) is 10.7. The number of thiophene rings is 1. The van der Waals surface area contributed by atoms with Crippen LogP contribution in [0.1, 0.15) is 37.5 Å². The van der Waals surface area contributed by atoms with Crippen LogP contribution in [0, 0.1) is 5.41 Å². The molecule has 0 amide bonds. The van der Waals surface area contributed by atoms with Gasteiger partial charge in [-0.15, -0.1) is 11.3 Å². The van der Waals surface area contributed by atoms with Crippen molar-refractivity contribution in [2.24, 2.45) is 5.41 Å². The summed E-state index contributed by atoms with van der Waals surface area (Å²) in [6, 6.07) is 4.40. The Morgan fingerprint density at radius 2 is 2.18 bits per heavy atom. The molecule has 3 heteroatoms. The zero-order valence-corrected chi connectivity index (χ0v) is 12.4. The monoisotopic (exact) mass is 269 g/mol. The summed E-state index contributed by atoms with van der Waals surface area (Å²) in [6.45, 7) is 5.76. The van der Waals surface area contributed by atoms with Crippen LogP contribution in [0.2, 0.25) is 0 Å². The molecule has 1 aromatic rings. The largest absolute Gasteiger partial charge is 0.298 e. The Labute approximate surface area is 115 Å². The third-order valence-electron chi connectivity index (χ3n) is 3.97. The quantitative estimate of drug-likeness (QED) is 0.762. The van der Waals surface area contributed by atoms with Crippen molar-refractivity contribution < 1.29 is 0 Å². The first-order valence-corrected chi connectivity index (χ1v) is 8.15. The van der Waals surface area contributed by atoms with Gasteiger partial charge in [0.15, 0.2) is 0 Å². The van der Waals surface area contributed by atoms with Crippen molar-refractivity contribution in [1.82, 2.24) is 4.90 Å². The van der Waals surface area contributed by atoms with Gasteiger partial charge in [-0.3, -0.25) is 4.90 Å². The molecule has 0 saturated heterocycles. The van der Waals surface area contributed by atoms with E-state index >= 15 is 0 Å². The summed E-state index contributed by atoms with van der Waals surface area (Å²) in [5, 5.41) is 2.17. The van der Waals surface area contributed by atoms with E-state index in [0.29, 0.717) is 5.41 Å². The van der Waals surface area contributed by atoms with Gasteiger partial charge in [-0.2, -0.15) is 12.6 Å². The Balaban J connectivity index is 1.94. The van der Waals surface area contributed by atoms with E-state index in [2.05, 4.69) is 42.0 Å². The second-order valence-corrected chi connectivity index (χ2v) is 6.60. The lowest BCUT2D eigenvalue weighted by Gasteiger charge is -2.33. The van der Waals surface area contributed by atoms with Gasteiger partial charge in [0, 0.05) is 18.0 Å². The fourth-order valence-electron chi connectivity index (χ4n) is 2.87. The van der Waals surface area contributed by atoms with E-state index < -0.39 is 0 Å². The lowest BCUT2D eigenvalue weighted by Crippen LogP contribution is -2.36. The van der Waals surface area contributed by atoms with Crippen LogP contribution in [-0.2, 0) is 6.54 Å². The second-order valence-electron chi connectivity index (χ2n) is 5.25. The topological polar surface area (TPSA) is 3.24 Å². The van der Waals surface area contributed by atoms with E-state index in [1.165, 1.54) is 37.1 Å². The Hall–Kier alpha value is 0.01000. The van der Waals surface area contributed by atoms with Crippen molar-refractivity contribution in [3.8, 4) is 0 Å². The van der Waals surface area contributed by atoms with E-state index in [0.717, 1.165) is 18.8 Å². The van der Waals surface area contributed by atoms with Crippen LogP contribution in [0.4, 0.5) is 0 Å². The van der Waals surface area contributed by atoms with Gasteiger partial charge in [0.1, 0.15) is 0 Å². The zero-order chi connectivity index (χ0) is 12.1. The highest BCUT2D eigenvalue weighted by Gasteiger charge is 2.33. The van der Waals surface area contributed by atoms with Gasteiger partial charge < -0.3 is 0 Å². The Morgan fingerprint density at radius 3 is 2.71 bits per heavy atom. The molecule has 0 unspecified atom stereocenters. The molecule has 96 valence electrons. The van der Waals surface area contributed by atoms with E-state index in [4.69, 9.17) is 0 Å². The highest BCUT2D eigenvalue weighted by molar-refractivity contribution is 7.80. The Morgan fingerprint density at radius 1 is 1.41 bits per heavy atom. The van der Waals surface area contributed by atoms with Crippen molar-refractivity contribution >= 4 is 24.0 Å². The van der Waals surface area contributed by atoms with Gasteiger partial charge in [-0.1, -0.05) is 25.8 Å². The minimum atomic E-state index is 0.496. The van der Waals surface area contributed by atoms with Crippen LogP contribution < -0.4 is 0 Å². The number of hydrogen-bond donors (Lipinski definition) is 1. The summed E-state index contributed by atoms with van der Waals surface area (Å²) in [6.07, 6.45) is 5.54. The molecule has 0 N–H and O–H groups in total. The lowest BCUT2D eigenvalue weighted by atomic mass is 9.88. The number of rotatable bonds is 6. The SMILES string of the molecule is CCN(Cc1cccs1)CC1(CS)CCCC1. The van der Waals surface area contributed by atoms with Gasteiger partial charge in [-0.05, 0) is 42.0 Å². The number of nitrogens with zero attached hydrogens (tertiary/aromatic N) is 1. The molecule has 0 aliphatic heterocycles. The molecular weight excluding hydrogens is 246 g/mol. The number of thiol groups is 1. The summed E-state index contributed by atoms with van der Waals surface area (Å²) >= 11 is 6.48. The third-order valence-corrected chi connectivity index (χ3v) is 5.50. The maximum absolute atomic E-state index is 4.60. The molecule has 1 aliphatic carbocycles. The third kappa shape index (κ3) is 3.49. The molecule has 1 nitrogen and oxygen atoms in total. The van der Waals surface area contributed by atoms with E-state index in [1.54, 1.807) is 0 Å². The predicted octanol–water partition coefficient (Wildman–Crippen LogP) is 4.06. The maximum atomic E-state index is 4.60. The molecule has 1 aliphatic rings. The summed E-state index contributed by atoms with van der Waals surface area (Å²) in [5.74, 6) is 1.05. The van der Waals surface area contributed by atoms with Crippen molar-refractivity contribution in [3.63, 3.8) is 0 Å². The first kappa shape index (κ1) is 13.4. The molecule has 0 aromatic carbocycles. The normalized spacial score (nSPS) is 19.0. The van der Waals surface area contributed by atoms with Gasteiger partial charge >= 0.3 is 0 Å². The molecule has 1 heterocycles.